The Balaban J connectivity index is 2.16. The van der Waals surface area contributed by atoms with E-state index in [-0.39, 0.29) is 11.8 Å². The van der Waals surface area contributed by atoms with E-state index >= 15 is 0 Å². The first-order valence-corrected chi connectivity index (χ1v) is 7.41. The molecule has 2 aromatic rings. The Kier molecular flexibility index (Phi) is 5.72. The van der Waals surface area contributed by atoms with E-state index in [2.05, 4.69) is 10.6 Å². The number of carbonyl (C=O) groups is 2. The second-order valence-electron chi connectivity index (χ2n) is 5.02. The molecule has 0 bridgehead atoms. The summed E-state index contributed by atoms with van der Waals surface area (Å²) in [6, 6.07) is 17.8. The summed E-state index contributed by atoms with van der Waals surface area (Å²) >= 11 is 0. The molecule has 0 aromatic heterocycles. The predicted molar refractivity (Wildman–Crippen MR) is 87.3 cm³/mol. The number of rotatable bonds is 6. The van der Waals surface area contributed by atoms with Crippen molar-refractivity contribution in [1.82, 2.24) is 5.32 Å². The van der Waals surface area contributed by atoms with Crippen molar-refractivity contribution in [2.45, 2.75) is 25.8 Å². The highest BCUT2D eigenvalue weighted by Gasteiger charge is 2.22. The Labute approximate surface area is 130 Å². The van der Waals surface area contributed by atoms with Gasteiger partial charge in [0, 0.05) is 12.1 Å². The van der Waals surface area contributed by atoms with Crippen LogP contribution in [0.2, 0.25) is 0 Å². The fourth-order valence-corrected chi connectivity index (χ4v) is 2.14. The molecule has 4 nitrogen and oxygen atoms in total. The van der Waals surface area contributed by atoms with Gasteiger partial charge >= 0.3 is 0 Å². The molecule has 2 aromatic carbocycles. The third-order valence-electron chi connectivity index (χ3n) is 3.22. The number of hydrogen-bond acceptors (Lipinski definition) is 2. The summed E-state index contributed by atoms with van der Waals surface area (Å²) < 4.78 is 0. The van der Waals surface area contributed by atoms with Gasteiger partial charge in [0.05, 0.1) is 0 Å². The van der Waals surface area contributed by atoms with Crippen molar-refractivity contribution in [3.05, 3.63) is 66.2 Å². The van der Waals surface area contributed by atoms with Gasteiger partial charge in [-0.05, 0) is 24.1 Å². The number of anilines is 1. The second-order valence-corrected chi connectivity index (χ2v) is 5.02. The molecule has 0 radical (unpaired) electrons. The van der Waals surface area contributed by atoms with Gasteiger partial charge in [0.1, 0.15) is 6.04 Å². The largest absolute Gasteiger partial charge is 0.341 e. The van der Waals surface area contributed by atoms with E-state index in [9.17, 15) is 9.59 Å². The molecule has 0 heterocycles. The second kappa shape index (κ2) is 7.98. The lowest BCUT2D eigenvalue weighted by molar-refractivity contribution is -0.126. The van der Waals surface area contributed by atoms with Gasteiger partial charge in [0.15, 0.2) is 0 Å². The minimum atomic E-state index is -0.694. The van der Waals surface area contributed by atoms with Crippen molar-refractivity contribution in [3.63, 3.8) is 0 Å². The molecule has 2 amide bonds. The number of benzene rings is 2. The average Bonchev–Trinajstić information content (AvgIpc) is 2.54. The van der Waals surface area contributed by atoms with Crippen LogP contribution in [0.25, 0.3) is 0 Å². The third-order valence-corrected chi connectivity index (χ3v) is 3.22. The minimum Gasteiger partial charge on any atom is -0.341 e. The lowest BCUT2D eigenvalue weighted by atomic mass is 10.1. The van der Waals surface area contributed by atoms with Crippen LogP contribution in [-0.2, 0) is 9.59 Å². The van der Waals surface area contributed by atoms with E-state index in [1.54, 1.807) is 0 Å². The van der Waals surface area contributed by atoms with Crippen LogP contribution in [0.5, 0.6) is 0 Å². The molecular formula is C18H20N2O2. The molecule has 22 heavy (non-hydrogen) atoms. The molecule has 0 aliphatic rings. The van der Waals surface area contributed by atoms with E-state index in [0.29, 0.717) is 12.1 Å². The smallest absolute Gasteiger partial charge is 0.251 e. The van der Waals surface area contributed by atoms with Crippen LogP contribution in [0.3, 0.4) is 0 Å². The standard InChI is InChI=1S/C18H20N2O2/c1-2-9-16(21)20-17(14-10-5-3-6-11-14)18(22)19-15-12-7-4-8-13-15/h3-8,10-13,17H,2,9H2,1H3,(H,19,22)(H,20,21)/t17-/m0/s1. The van der Waals surface area contributed by atoms with E-state index < -0.39 is 6.04 Å². The van der Waals surface area contributed by atoms with Gasteiger partial charge in [-0.15, -0.1) is 0 Å². The topological polar surface area (TPSA) is 58.2 Å². The number of carbonyl (C=O) groups excluding carboxylic acids is 2. The van der Waals surface area contributed by atoms with Crippen LogP contribution in [0.1, 0.15) is 31.4 Å². The summed E-state index contributed by atoms with van der Waals surface area (Å²) in [5, 5.41) is 5.64. The summed E-state index contributed by atoms with van der Waals surface area (Å²) in [5.74, 6) is -0.374. The molecule has 0 fully saturated rings. The Morgan fingerprint density at radius 3 is 2.14 bits per heavy atom. The number of hydrogen-bond donors (Lipinski definition) is 2. The summed E-state index contributed by atoms with van der Waals surface area (Å²) in [6.07, 6.45) is 1.15. The SMILES string of the molecule is CCCC(=O)N[C@H](C(=O)Nc1ccccc1)c1ccccc1. The van der Waals surface area contributed by atoms with Crippen molar-refractivity contribution in [1.29, 1.82) is 0 Å². The van der Waals surface area contributed by atoms with Crippen LogP contribution in [0.15, 0.2) is 60.7 Å². The van der Waals surface area contributed by atoms with Crippen molar-refractivity contribution in [2.75, 3.05) is 5.32 Å². The van der Waals surface area contributed by atoms with Gasteiger partial charge in [0.25, 0.3) is 5.91 Å². The van der Waals surface area contributed by atoms with Crippen LogP contribution in [0.4, 0.5) is 5.69 Å². The maximum atomic E-state index is 12.5. The predicted octanol–water partition coefficient (Wildman–Crippen LogP) is 3.28. The highest BCUT2D eigenvalue weighted by atomic mass is 16.2. The summed E-state index contributed by atoms with van der Waals surface area (Å²) in [7, 11) is 0. The average molecular weight is 296 g/mol. The van der Waals surface area contributed by atoms with E-state index in [0.717, 1.165) is 12.0 Å². The zero-order valence-electron chi connectivity index (χ0n) is 12.6. The molecule has 2 rings (SSSR count). The van der Waals surface area contributed by atoms with Crippen molar-refractivity contribution >= 4 is 17.5 Å². The van der Waals surface area contributed by atoms with Crippen LogP contribution in [0, 0.1) is 0 Å². The van der Waals surface area contributed by atoms with Gasteiger partial charge in [0.2, 0.25) is 5.91 Å². The Morgan fingerprint density at radius 2 is 1.55 bits per heavy atom. The molecule has 0 saturated carbocycles. The fourth-order valence-electron chi connectivity index (χ4n) is 2.14. The summed E-state index contributed by atoms with van der Waals surface area (Å²) in [6.45, 7) is 1.93. The Hall–Kier alpha value is -2.62. The number of nitrogens with one attached hydrogen (secondary N) is 2. The molecule has 4 heteroatoms. The van der Waals surface area contributed by atoms with Crippen LogP contribution in [-0.4, -0.2) is 11.8 Å². The molecule has 0 unspecified atom stereocenters. The molecule has 0 aliphatic carbocycles. The first-order valence-electron chi connectivity index (χ1n) is 7.41. The molecule has 0 saturated heterocycles. The van der Waals surface area contributed by atoms with Gasteiger partial charge in [-0.1, -0.05) is 55.5 Å². The first-order chi connectivity index (χ1) is 10.7. The zero-order chi connectivity index (χ0) is 15.8. The Bertz CT molecular complexity index is 611. The van der Waals surface area contributed by atoms with Gasteiger partial charge < -0.3 is 10.6 Å². The normalized spacial score (nSPS) is 11.5. The van der Waals surface area contributed by atoms with Crippen LogP contribution >= 0.6 is 0 Å². The first kappa shape index (κ1) is 15.8. The Morgan fingerprint density at radius 1 is 0.955 bits per heavy atom. The highest BCUT2D eigenvalue weighted by Crippen LogP contribution is 2.16. The molecule has 1 atom stereocenters. The van der Waals surface area contributed by atoms with E-state index in [4.69, 9.17) is 0 Å². The monoisotopic (exact) mass is 296 g/mol. The molecule has 0 spiro atoms. The van der Waals surface area contributed by atoms with E-state index in [1.165, 1.54) is 0 Å². The molecule has 114 valence electrons. The van der Waals surface area contributed by atoms with Crippen molar-refractivity contribution in [2.24, 2.45) is 0 Å². The molecule has 0 aliphatic heterocycles. The lowest BCUT2D eigenvalue weighted by Crippen LogP contribution is -2.36. The molecule has 2 N–H and O–H groups in total. The number of amides is 2. The third kappa shape index (κ3) is 4.45. The highest BCUT2D eigenvalue weighted by molar-refractivity contribution is 5.97. The number of para-hydroxylation sites is 1. The van der Waals surface area contributed by atoms with Gasteiger partial charge in [-0.25, -0.2) is 0 Å². The lowest BCUT2D eigenvalue weighted by Gasteiger charge is -2.19. The van der Waals surface area contributed by atoms with Crippen molar-refractivity contribution in [3.8, 4) is 0 Å². The van der Waals surface area contributed by atoms with Crippen molar-refractivity contribution < 1.29 is 9.59 Å². The summed E-state index contributed by atoms with van der Waals surface area (Å²) in [4.78, 5) is 24.4. The van der Waals surface area contributed by atoms with Crippen LogP contribution < -0.4 is 10.6 Å². The molecular weight excluding hydrogens is 276 g/mol. The van der Waals surface area contributed by atoms with E-state index in [1.807, 2.05) is 67.6 Å². The maximum absolute atomic E-state index is 12.5. The minimum absolute atomic E-state index is 0.125. The quantitative estimate of drug-likeness (QED) is 0.859. The van der Waals surface area contributed by atoms with Gasteiger partial charge in [-0.2, -0.15) is 0 Å². The zero-order valence-corrected chi connectivity index (χ0v) is 12.6. The van der Waals surface area contributed by atoms with Gasteiger partial charge in [-0.3, -0.25) is 9.59 Å². The maximum Gasteiger partial charge on any atom is 0.251 e. The fraction of sp³-hybridized carbons (Fsp3) is 0.222. The summed E-state index contributed by atoms with van der Waals surface area (Å²) in [5.41, 5.74) is 1.47.